The number of rotatable bonds is 3. The maximum Gasteiger partial charge on any atom is 0.221 e. The minimum atomic E-state index is -0.0601. The number of carbonyl (C=O) groups excluding carboxylic acids is 1. The fourth-order valence-electron chi connectivity index (χ4n) is 1.55. The number of aromatic nitrogens is 1. The first kappa shape index (κ1) is 12.0. The van der Waals surface area contributed by atoms with Gasteiger partial charge in [-0.1, -0.05) is 24.3 Å². The maximum absolute atomic E-state index is 10.9. The molecule has 1 amide bonds. The fourth-order valence-corrected chi connectivity index (χ4v) is 1.55. The van der Waals surface area contributed by atoms with Gasteiger partial charge in [0.2, 0.25) is 5.91 Å². The lowest BCUT2D eigenvalue weighted by Gasteiger charge is -2.01. The van der Waals surface area contributed by atoms with Crippen molar-refractivity contribution in [1.29, 1.82) is 0 Å². The lowest BCUT2D eigenvalue weighted by Crippen LogP contribution is -2.05. The molecule has 0 spiro atoms. The zero-order chi connectivity index (χ0) is 12.8. The highest BCUT2D eigenvalue weighted by Gasteiger charge is 1.94. The van der Waals surface area contributed by atoms with Crippen molar-refractivity contribution in [2.24, 2.45) is 0 Å². The van der Waals surface area contributed by atoms with Crippen LogP contribution in [0.1, 0.15) is 18.1 Å². The highest BCUT2D eigenvalue weighted by Crippen LogP contribution is 2.12. The summed E-state index contributed by atoms with van der Waals surface area (Å²) in [6, 6.07) is 11.6. The molecule has 0 aliphatic carbocycles. The normalized spacial score (nSPS) is 10.5. The van der Waals surface area contributed by atoms with Crippen LogP contribution in [-0.4, -0.2) is 10.9 Å². The third-order valence-corrected chi connectivity index (χ3v) is 2.41. The topological polar surface area (TPSA) is 42.0 Å². The van der Waals surface area contributed by atoms with Crippen molar-refractivity contribution in [2.75, 3.05) is 5.32 Å². The third kappa shape index (κ3) is 3.56. The second-order valence-electron chi connectivity index (χ2n) is 3.92. The van der Waals surface area contributed by atoms with E-state index < -0.39 is 0 Å². The molecule has 1 aromatic heterocycles. The molecule has 1 heterocycles. The van der Waals surface area contributed by atoms with E-state index in [0.717, 1.165) is 16.8 Å². The van der Waals surface area contributed by atoms with Gasteiger partial charge in [-0.2, -0.15) is 0 Å². The van der Waals surface area contributed by atoms with Crippen LogP contribution in [0.15, 0.2) is 48.8 Å². The van der Waals surface area contributed by atoms with Crippen molar-refractivity contribution in [3.8, 4) is 0 Å². The number of anilines is 1. The number of hydrogen-bond donors (Lipinski definition) is 1. The number of nitrogens with zero attached hydrogens (tertiary/aromatic N) is 1. The standard InChI is InChI=1S/C15H14N2O/c1-12(18)17-15-6-4-13(5-7-15)2-3-14-8-10-16-11-9-14/h2-11H,1H3,(H,17,18)/b3-2-. The van der Waals surface area contributed by atoms with Crippen molar-refractivity contribution in [2.45, 2.75) is 6.92 Å². The molecule has 0 saturated carbocycles. The van der Waals surface area contributed by atoms with E-state index in [2.05, 4.69) is 10.3 Å². The van der Waals surface area contributed by atoms with E-state index in [0.29, 0.717) is 0 Å². The molecule has 2 aromatic rings. The fraction of sp³-hybridized carbons (Fsp3) is 0.0667. The molecular weight excluding hydrogens is 224 g/mol. The maximum atomic E-state index is 10.9. The van der Waals surface area contributed by atoms with Crippen LogP contribution in [0.25, 0.3) is 12.2 Å². The average Bonchev–Trinajstić information content (AvgIpc) is 2.38. The molecule has 90 valence electrons. The minimum absolute atomic E-state index is 0.0601. The Kier molecular flexibility index (Phi) is 3.86. The van der Waals surface area contributed by atoms with Gasteiger partial charge in [0.25, 0.3) is 0 Å². The molecule has 1 aromatic carbocycles. The van der Waals surface area contributed by atoms with Gasteiger partial charge in [-0.3, -0.25) is 9.78 Å². The molecule has 0 aliphatic rings. The van der Waals surface area contributed by atoms with Crippen molar-refractivity contribution in [3.63, 3.8) is 0 Å². The zero-order valence-corrected chi connectivity index (χ0v) is 10.1. The van der Waals surface area contributed by atoms with Crippen LogP contribution < -0.4 is 5.32 Å². The molecule has 2 rings (SSSR count). The van der Waals surface area contributed by atoms with Crippen LogP contribution >= 0.6 is 0 Å². The largest absolute Gasteiger partial charge is 0.326 e. The van der Waals surface area contributed by atoms with Gasteiger partial charge in [0.15, 0.2) is 0 Å². The van der Waals surface area contributed by atoms with Crippen molar-refractivity contribution < 1.29 is 4.79 Å². The van der Waals surface area contributed by atoms with Gasteiger partial charge in [-0.25, -0.2) is 0 Å². The number of hydrogen-bond acceptors (Lipinski definition) is 2. The second kappa shape index (κ2) is 5.77. The van der Waals surface area contributed by atoms with E-state index in [9.17, 15) is 4.79 Å². The van der Waals surface area contributed by atoms with Gasteiger partial charge < -0.3 is 5.32 Å². The van der Waals surface area contributed by atoms with Gasteiger partial charge in [-0.15, -0.1) is 0 Å². The Morgan fingerprint density at radius 1 is 1.00 bits per heavy atom. The average molecular weight is 238 g/mol. The summed E-state index contributed by atoms with van der Waals surface area (Å²) in [5.74, 6) is -0.0601. The summed E-state index contributed by atoms with van der Waals surface area (Å²) in [7, 11) is 0. The first-order chi connectivity index (χ1) is 8.74. The minimum Gasteiger partial charge on any atom is -0.326 e. The van der Waals surface area contributed by atoms with Crippen LogP contribution in [0.4, 0.5) is 5.69 Å². The predicted octanol–water partition coefficient (Wildman–Crippen LogP) is 3.21. The summed E-state index contributed by atoms with van der Waals surface area (Å²) < 4.78 is 0. The summed E-state index contributed by atoms with van der Waals surface area (Å²) in [6.07, 6.45) is 7.57. The summed E-state index contributed by atoms with van der Waals surface area (Å²) in [5.41, 5.74) is 3.00. The van der Waals surface area contributed by atoms with E-state index >= 15 is 0 Å². The Morgan fingerprint density at radius 2 is 1.56 bits per heavy atom. The predicted molar refractivity (Wildman–Crippen MR) is 73.9 cm³/mol. The Balaban J connectivity index is 2.06. The molecular formula is C15H14N2O. The van der Waals surface area contributed by atoms with Gasteiger partial charge >= 0.3 is 0 Å². The van der Waals surface area contributed by atoms with E-state index in [1.54, 1.807) is 12.4 Å². The Morgan fingerprint density at radius 3 is 2.11 bits per heavy atom. The number of pyridine rings is 1. The highest BCUT2D eigenvalue weighted by atomic mass is 16.1. The number of carbonyl (C=O) groups is 1. The monoisotopic (exact) mass is 238 g/mol. The van der Waals surface area contributed by atoms with Crippen LogP contribution in [0.2, 0.25) is 0 Å². The quantitative estimate of drug-likeness (QED) is 0.892. The van der Waals surface area contributed by atoms with Crippen LogP contribution in [0.5, 0.6) is 0 Å². The van der Waals surface area contributed by atoms with Crippen LogP contribution in [0.3, 0.4) is 0 Å². The number of nitrogens with one attached hydrogen (secondary N) is 1. The summed E-state index contributed by atoms with van der Waals surface area (Å²) in [6.45, 7) is 1.50. The van der Waals surface area contributed by atoms with Crippen molar-refractivity contribution in [1.82, 2.24) is 4.98 Å². The molecule has 0 saturated heterocycles. The SMILES string of the molecule is CC(=O)Nc1ccc(/C=C\c2ccncc2)cc1. The number of benzene rings is 1. The molecule has 0 unspecified atom stereocenters. The summed E-state index contributed by atoms with van der Waals surface area (Å²) >= 11 is 0. The molecule has 3 nitrogen and oxygen atoms in total. The molecule has 0 aliphatic heterocycles. The van der Waals surface area contributed by atoms with E-state index in [1.165, 1.54) is 6.92 Å². The third-order valence-electron chi connectivity index (χ3n) is 2.41. The molecule has 18 heavy (non-hydrogen) atoms. The smallest absolute Gasteiger partial charge is 0.221 e. The zero-order valence-electron chi connectivity index (χ0n) is 10.1. The molecule has 0 atom stereocenters. The van der Waals surface area contributed by atoms with Crippen LogP contribution in [0, 0.1) is 0 Å². The second-order valence-corrected chi connectivity index (χ2v) is 3.92. The van der Waals surface area contributed by atoms with E-state index in [-0.39, 0.29) is 5.91 Å². The van der Waals surface area contributed by atoms with E-state index in [4.69, 9.17) is 0 Å². The highest BCUT2D eigenvalue weighted by molar-refractivity contribution is 5.88. The first-order valence-electron chi connectivity index (χ1n) is 5.70. The van der Waals surface area contributed by atoms with Gasteiger partial charge in [0, 0.05) is 25.0 Å². The summed E-state index contributed by atoms with van der Waals surface area (Å²) in [4.78, 5) is 14.8. The summed E-state index contributed by atoms with van der Waals surface area (Å²) in [5, 5.41) is 2.73. The van der Waals surface area contributed by atoms with Gasteiger partial charge in [-0.05, 0) is 35.4 Å². The molecule has 0 bridgehead atoms. The Labute approximate surface area is 106 Å². The lowest BCUT2D eigenvalue weighted by molar-refractivity contribution is -0.114. The van der Waals surface area contributed by atoms with Crippen molar-refractivity contribution >= 4 is 23.7 Å². The van der Waals surface area contributed by atoms with Crippen LogP contribution in [-0.2, 0) is 4.79 Å². The van der Waals surface area contributed by atoms with E-state index in [1.807, 2.05) is 48.6 Å². The molecule has 3 heteroatoms. The molecule has 1 N–H and O–H groups in total. The number of amides is 1. The first-order valence-corrected chi connectivity index (χ1v) is 5.70. The molecule has 0 fully saturated rings. The Bertz CT molecular complexity index is 544. The van der Waals surface area contributed by atoms with Crippen molar-refractivity contribution in [3.05, 3.63) is 59.9 Å². The Hall–Kier alpha value is -2.42. The van der Waals surface area contributed by atoms with Gasteiger partial charge in [0.05, 0.1) is 0 Å². The van der Waals surface area contributed by atoms with Gasteiger partial charge in [0.1, 0.15) is 0 Å². The molecule has 0 radical (unpaired) electrons. The lowest BCUT2D eigenvalue weighted by atomic mass is 10.1.